The molecule has 0 aliphatic heterocycles. The van der Waals surface area contributed by atoms with Crippen LogP contribution in [0, 0.1) is 0 Å². The van der Waals surface area contributed by atoms with E-state index in [-0.39, 0.29) is 30.0 Å². The van der Waals surface area contributed by atoms with E-state index in [2.05, 4.69) is 9.72 Å². The van der Waals surface area contributed by atoms with Crippen LogP contribution in [0.1, 0.15) is 23.2 Å². The van der Waals surface area contributed by atoms with Gasteiger partial charge in [-0.1, -0.05) is 17.7 Å². The van der Waals surface area contributed by atoms with Gasteiger partial charge in [0, 0.05) is 11.6 Å². The van der Waals surface area contributed by atoms with Crippen molar-refractivity contribution in [2.75, 3.05) is 7.11 Å². The van der Waals surface area contributed by atoms with Gasteiger partial charge in [0.2, 0.25) is 5.76 Å². The van der Waals surface area contributed by atoms with Crippen molar-refractivity contribution in [3.05, 3.63) is 80.1 Å². The quantitative estimate of drug-likeness (QED) is 0.452. The molecule has 0 unspecified atom stereocenters. The van der Waals surface area contributed by atoms with E-state index in [1.54, 1.807) is 41.8 Å². The van der Waals surface area contributed by atoms with E-state index in [0.717, 1.165) is 4.57 Å². The summed E-state index contributed by atoms with van der Waals surface area (Å²) < 4.78 is 14.2. The van der Waals surface area contributed by atoms with Crippen molar-refractivity contribution in [1.29, 1.82) is 0 Å². The van der Waals surface area contributed by atoms with Crippen molar-refractivity contribution in [3.8, 4) is 5.69 Å². The van der Waals surface area contributed by atoms with E-state index in [0.29, 0.717) is 16.5 Å². The largest absolute Gasteiger partial charge is 0.463 e. The third kappa shape index (κ3) is 3.22. The second-order valence-corrected chi connectivity index (χ2v) is 6.89. The molecule has 0 aliphatic carbocycles. The average Bonchev–Trinajstić information content (AvgIpc) is 3.36. The second kappa shape index (κ2) is 7.68. The van der Waals surface area contributed by atoms with E-state index in [1.165, 1.54) is 24.1 Å². The summed E-state index contributed by atoms with van der Waals surface area (Å²) in [6, 6.07) is 9.85. The Kier molecular flexibility index (Phi) is 5.04. The zero-order valence-electron chi connectivity index (χ0n) is 16.2. The molecule has 0 aliphatic rings. The number of carbonyl (C=O) groups is 1. The highest BCUT2D eigenvalue weighted by Gasteiger charge is 2.20. The molecule has 10 heteroatoms. The fourth-order valence-electron chi connectivity index (χ4n) is 3.27. The average molecular weight is 429 g/mol. The number of furan rings is 1. The van der Waals surface area contributed by atoms with Crippen LogP contribution in [0.15, 0.2) is 56.7 Å². The highest BCUT2D eigenvalue weighted by molar-refractivity contribution is 6.30. The van der Waals surface area contributed by atoms with Gasteiger partial charge in [0.05, 0.1) is 25.7 Å². The summed E-state index contributed by atoms with van der Waals surface area (Å²) in [5.74, 6) is -0.115. The first-order chi connectivity index (χ1) is 14.4. The van der Waals surface area contributed by atoms with Crippen LogP contribution >= 0.6 is 11.6 Å². The minimum absolute atomic E-state index is 0.0544. The summed E-state index contributed by atoms with van der Waals surface area (Å²) in [4.78, 5) is 41.9. The first-order valence-corrected chi connectivity index (χ1v) is 9.46. The number of carbonyl (C=O) groups excluding carboxylic acids is 1. The number of rotatable bonds is 5. The van der Waals surface area contributed by atoms with Gasteiger partial charge in [0.1, 0.15) is 5.76 Å². The van der Waals surface area contributed by atoms with Gasteiger partial charge in [0.25, 0.3) is 5.56 Å². The molecule has 9 nitrogen and oxygen atoms in total. The third-order valence-electron chi connectivity index (χ3n) is 4.66. The van der Waals surface area contributed by atoms with E-state index >= 15 is 0 Å². The number of benzene rings is 1. The lowest BCUT2D eigenvalue weighted by molar-refractivity contribution is 0.0563. The van der Waals surface area contributed by atoms with Gasteiger partial charge in [-0.05, 0) is 37.3 Å². The maximum absolute atomic E-state index is 13.0. The molecule has 0 N–H and O–H groups in total. The Balaban J connectivity index is 1.91. The van der Waals surface area contributed by atoms with Crippen molar-refractivity contribution in [2.24, 2.45) is 0 Å². The highest BCUT2D eigenvalue weighted by Crippen LogP contribution is 2.18. The molecule has 30 heavy (non-hydrogen) atoms. The van der Waals surface area contributed by atoms with Crippen molar-refractivity contribution in [1.82, 2.24) is 18.7 Å². The van der Waals surface area contributed by atoms with Crippen molar-refractivity contribution in [3.63, 3.8) is 0 Å². The maximum Gasteiger partial charge on any atom is 0.373 e. The Labute approximate surface area is 174 Å². The van der Waals surface area contributed by atoms with Gasteiger partial charge < -0.3 is 13.7 Å². The number of fused-ring (bicyclic) bond motifs is 1. The Hall–Kier alpha value is -3.59. The summed E-state index contributed by atoms with van der Waals surface area (Å²) in [5.41, 5.74) is -0.0402. The zero-order chi connectivity index (χ0) is 21.4. The molecule has 0 saturated heterocycles. The molecule has 0 saturated carbocycles. The fourth-order valence-corrected chi connectivity index (χ4v) is 3.45. The Bertz CT molecular complexity index is 1380. The zero-order valence-corrected chi connectivity index (χ0v) is 16.9. The molecule has 0 fully saturated rings. The standard InChI is InChI=1S/C20H17ClN4O5/c1-3-24-18(26)16-17(25(20(24)28)13-6-4-5-12(21)9-13)22-11-23(16)10-14-7-8-15(30-14)19(27)29-2/h4-9,11H,3,10H2,1-2H3. The molecule has 0 bridgehead atoms. The summed E-state index contributed by atoms with van der Waals surface area (Å²) >= 11 is 6.10. The SMILES string of the molecule is CCn1c(=O)c2c(ncn2Cc2ccc(C(=O)OC)o2)n(-c2cccc(Cl)c2)c1=O. The molecule has 1 aromatic carbocycles. The topological polar surface area (TPSA) is 101 Å². The summed E-state index contributed by atoms with van der Waals surface area (Å²) in [6.45, 7) is 2.04. The molecule has 0 amide bonds. The number of esters is 1. The summed E-state index contributed by atoms with van der Waals surface area (Å²) in [7, 11) is 1.26. The van der Waals surface area contributed by atoms with Crippen LogP contribution in [0.2, 0.25) is 5.02 Å². The molecule has 0 atom stereocenters. The molecule has 3 heterocycles. The lowest BCUT2D eigenvalue weighted by Crippen LogP contribution is -2.39. The third-order valence-corrected chi connectivity index (χ3v) is 4.89. The Morgan fingerprint density at radius 1 is 1.23 bits per heavy atom. The van der Waals surface area contributed by atoms with Crippen molar-refractivity contribution in [2.45, 2.75) is 20.0 Å². The van der Waals surface area contributed by atoms with Gasteiger partial charge in [0.15, 0.2) is 11.2 Å². The van der Waals surface area contributed by atoms with Crippen LogP contribution in [0.4, 0.5) is 0 Å². The monoisotopic (exact) mass is 428 g/mol. The molecule has 3 aromatic heterocycles. The molecule has 4 rings (SSSR count). The van der Waals surface area contributed by atoms with Crippen LogP contribution in [0.3, 0.4) is 0 Å². The van der Waals surface area contributed by atoms with Crippen molar-refractivity contribution >= 4 is 28.7 Å². The molecular weight excluding hydrogens is 412 g/mol. The fraction of sp³-hybridized carbons (Fsp3) is 0.200. The van der Waals surface area contributed by atoms with Crippen LogP contribution in [-0.4, -0.2) is 31.8 Å². The van der Waals surface area contributed by atoms with E-state index in [9.17, 15) is 14.4 Å². The summed E-state index contributed by atoms with van der Waals surface area (Å²) in [6.07, 6.45) is 1.45. The van der Waals surface area contributed by atoms with Crippen molar-refractivity contribution < 1.29 is 13.9 Å². The van der Waals surface area contributed by atoms with Crippen LogP contribution in [0.25, 0.3) is 16.9 Å². The first kappa shape index (κ1) is 19.7. The Morgan fingerprint density at radius 3 is 2.73 bits per heavy atom. The first-order valence-electron chi connectivity index (χ1n) is 9.08. The lowest BCUT2D eigenvalue weighted by atomic mass is 10.3. The van der Waals surface area contributed by atoms with E-state index < -0.39 is 17.2 Å². The van der Waals surface area contributed by atoms with Gasteiger partial charge in [-0.25, -0.2) is 19.1 Å². The number of hydrogen-bond donors (Lipinski definition) is 0. The number of hydrogen-bond acceptors (Lipinski definition) is 6. The van der Waals surface area contributed by atoms with Gasteiger partial charge >= 0.3 is 11.7 Å². The maximum atomic E-state index is 13.0. The number of aromatic nitrogens is 4. The molecule has 0 spiro atoms. The van der Waals surface area contributed by atoms with Crippen LogP contribution < -0.4 is 11.2 Å². The van der Waals surface area contributed by atoms with Crippen LogP contribution in [0.5, 0.6) is 0 Å². The molecule has 4 aromatic rings. The van der Waals surface area contributed by atoms with Gasteiger partial charge in [-0.3, -0.25) is 9.36 Å². The number of methoxy groups -OCH3 is 1. The lowest BCUT2D eigenvalue weighted by Gasteiger charge is -2.11. The predicted octanol–water partition coefficient (Wildman–Crippen LogP) is 2.45. The minimum atomic E-state index is -0.597. The molecular formula is C20H17ClN4O5. The number of halogens is 1. The molecule has 0 radical (unpaired) electrons. The number of nitrogens with zero attached hydrogens (tertiary/aromatic N) is 4. The van der Waals surface area contributed by atoms with Crippen LogP contribution in [-0.2, 0) is 17.8 Å². The molecule has 154 valence electrons. The number of ether oxygens (including phenoxy) is 1. The predicted molar refractivity (Wildman–Crippen MR) is 109 cm³/mol. The van der Waals surface area contributed by atoms with Gasteiger partial charge in [-0.2, -0.15) is 0 Å². The smallest absolute Gasteiger partial charge is 0.373 e. The van der Waals surface area contributed by atoms with Gasteiger partial charge in [-0.15, -0.1) is 0 Å². The Morgan fingerprint density at radius 2 is 2.03 bits per heavy atom. The summed E-state index contributed by atoms with van der Waals surface area (Å²) in [5, 5.41) is 0.451. The second-order valence-electron chi connectivity index (χ2n) is 6.45. The normalized spacial score (nSPS) is 11.2. The number of imidazole rings is 1. The highest BCUT2D eigenvalue weighted by atomic mass is 35.5. The van der Waals surface area contributed by atoms with E-state index in [4.69, 9.17) is 16.0 Å². The van der Waals surface area contributed by atoms with E-state index in [1.807, 2.05) is 0 Å². The minimum Gasteiger partial charge on any atom is -0.463 e.